The summed E-state index contributed by atoms with van der Waals surface area (Å²) in [6, 6.07) is 0. The molecule has 0 rings (SSSR count). The Morgan fingerprint density at radius 3 is 1.75 bits per heavy atom. The zero-order valence-corrected chi connectivity index (χ0v) is 8.82. The molecule has 0 N–H and O–H groups in total. The number of allylic oxidation sites excluding steroid dienone is 2. The van der Waals surface area contributed by atoms with Gasteiger partial charge in [0, 0.05) is 0 Å². The van der Waals surface area contributed by atoms with E-state index in [0.717, 1.165) is 5.57 Å². The third-order valence-electron chi connectivity index (χ3n) is 2.32. The highest BCUT2D eigenvalue weighted by Gasteiger charge is 2.10. The van der Waals surface area contributed by atoms with Gasteiger partial charge in [0.15, 0.2) is 0 Å². The molecular weight excluding hydrogens is 144 g/mol. The lowest BCUT2D eigenvalue weighted by atomic mass is 9.88. The highest BCUT2D eigenvalue weighted by molar-refractivity contribution is 5.25. The Morgan fingerprint density at radius 2 is 1.50 bits per heavy atom. The molecule has 0 fully saturated rings. The SMILES string of the molecule is C=C(C)C(=C)C(CCC)CCC. The van der Waals surface area contributed by atoms with Crippen molar-refractivity contribution in [1.29, 1.82) is 0 Å². The first-order chi connectivity index (χ1) is 5.63. The molecule has 0 atom stereocenters. The summed E-state index contributed by atoms with van der Waals surface area (Å²) in [5.74, 6) is 0.678. The molecule has 0 nitrogen and oxygen atoms in total. The molecule has 0 heteroatoms. The lowest BCUT2D eigenvalue weighted by molar-refractivity contribution is 0.510. The lowest BCUT2D eigenvalue weighted by Gasteiger charge is -2.18. The average Bonchev–Trinajstić information content (AvgIpc) is 2.03. The maximum atomic E-state index is 4.09. The van der Waals surface area contributed by atoms with E-state index in [-0.39, 0.29) is 0 Å². The standard InChI is InChI=1S/C12H22/c1-6-8-12(9-7-2)11(5)10(3)4/h12H,3,5-9H2,1-2,4H3. The monoisotopic (exact) mass is 166 g/mol. The molecule has 70 valence electrons. The van der Waals surface area contributed by atoms with Gasteiger partial charge >= 0.3 is 0 Å². The average molecular weight is 166 g/mol. The fourth-order valence-corrected chi connectivity index (χ4v) is 1.54. The van der Waals surface area contributed by atoms with Gasteiger partial charge in [-0.15, -0.1) is 0 Å². The van der Waals surface area contributed by atoms with Gasteiger partial charge in [-0.25, -0.2) is 0 Å². The Hall–Kier alpha value is -0.520. The first-order valence-corrected chi connectivity index (χ1v) is 4.98. The van der Waals surface area contributed by atoms with Crippen LogP contribution in [-0.2, 0) is 0 Å². The summed E-state index contributed by atoms with van der Waals surface area (Å²) in [5.41, 5.74) is 2.42. The summed E-state index contributed by atoms with van der Waals surface area (Å²) in [7, 11) is 0. The fraction of sp³-hybridized carbons (Fsp3) is 0.667. The molecule has 0 saturated heterocycles. The molecule has 0 heterocycles. The first-order valence-electron chi connectivity index (χ1n) is 4.98. The second-order valence-corrected chi connectivity index (χ2v) is 3.58. The molecule has 0 aliphatic rings. The minimum absolute atomic E-state index is 0.678. The van der Waals surface area contributed by atoms with Crippen molar-refractivity contribution in [2.45, 2.75) is 46.5 Å². The predicted octanol–water partition coefficient (Wildman–Crippen LogP) is 4.34. The minimum atomic E-state index is 0.678. The van der Waals surface area contributed by atoms with Crippen molar-refractivity contribution in [3.05, 3.63) is 24.3 Å². The van der Waals surface area contributed by atoms with Gasteiger partial charge in [-0.1, -0.05) is 45.4 Å². The maximum Gasteiger partial charge on any atom is -0.0166 e. The molecule has 12 heavy (non-hydrogen) atoms. The number of rotatable bonds is 6. The van der Waals surface area contributed by atoms with Crippen LogP contribution in [0.4, 0.5) is 0 Å². The van der Waals surface area contributed by atoms with Gasteiger partial charge in [0.2, 0.25) is 0 Å². The van der Waals surface area contributed by atoms with E-state index in [1.54, 1.807) is 0 Å². The Balaban J connectivity index is 4.08. The van der Waals surface area contributed by atoms with Crippen molar-refractivity contribution in [1.82, 2.24) is 0 Å². The molecule has 0 aliphatic carbocycles. The molecule has 0 aromatic heterocycles. The van der Waals surface area contributed by atoms with Crippen LogP contribution in [0.2, 0.25) is 0 Å². The Bertz CT molecular complexity index is 147. The lowest BCUT2D eigenvalue weighted by Crippen LogP contribution is -2.03. The molecular formula is C12H22. The highest BCUT2D eigenvalue weighted by atomic mass is 14.2. The van der Waals surface area contributed by atoms with E-state index >= 15 is 0 Å². The summed E-state index contributed by atoms with van der Waals surface area (Å²) in [6.07, 6.45) is 5.02. The third kappa shape index (κ3) is 3.75. The molecule has 0 radical (unpaired) electrons. The molecule has 0 aliphatic heterocycles. The van der Waals surface area contributed by atoms with Crippen molar-refractivity contribution < 1.29 is 0 Å². The van der Waals surface area contributed by atoms with E-state index in [4.69, 9.17) is 0 Å². The number of hydrogen-bond donors (Lipinski definition) is 0. The van der Waals surface area contributed by atoms with Crippen LogP contribution in [0.5, 0.6) is 0 Å². The van der Waals surface area contributed by atoms with Gasteiger partial charge in [0.1, 0.15) is 0 Å². The summed E-state index contributed by atoms with van der Waals surface area (Å²) >= 11 is 0. The van der Waals surface area contributed by atoms with Crippen molar-refractivity contribution >= 4 is 0 Å². The largest absolute Gasteiger partial charge is 0.0958 e. The molecule has 0 spiro atoms. The van der Waals surface area contributed by atoms with Gasteiger partial charge in [0.05, 0.1) is 0 Å². The third-order valence-corrected chi connectivity index (χ3v) is 2.32. The van der Waals surface area contributed by atoms with Crippen LogP contribution in [0.15, 0.2) is 24.3 Å². The quantitative estimate of drug-likeness (QED) is 0.515. The molecule has 0 aromatic rings. The van der Waals surface area contributed by atoms with Crippen LogP contribution >= 0.6 is 0 Å². The van der Waals surface area contributed by atoms with E-state index in [1.807, 2.05) is 0 Å². The summed E-state index contributed by atoms with van der Waals surface area (Å²) < 4.78 is 0. The topological polar surface area (TPSA) is 0 Å². The highest BCUT2D eigenvalue weighted by Crippen LogP contribution is 2.25. The van der Waals surface area contributed by atoms with Crippen LogP contribution < -0.4 is 0 Å². The maximum absolute atomic E-state index is 4.09. The van der Waals surface area contributed by atoms with E-state index < -0.39 is 0 Å². The predicted molar refractivity (Wildman–Crippen MR) is 57.3 cm³/mol. The van der Waals surface area contributed by atoms with Gasteiger partial charge < -0.3 is 0 Å². The van der Waals surface area contributed by atoms with Gasteiger partial charge in [-0.05, 0) is 31.3 Å². The summed E-state index contributed by atoms with van der Waals surface area (Å²) in [5, 5.41) is 0. The number of hydrogen-bond acceptors (Lipinski definition) is 0. The molecule has 0 bridgehead atoms. The molecule has 0 aromatic carbocycles. The van der Waals surface area contributed by atoms with E-state index in [9.17, 15) is 0 Å². The van der Waals surface area contributed by atoms with Gasteiger partial charge in [-0.2, -0.15) is 0 Å². The van der Waals surface area contributed by atoms with Crippen molar-refractivity contribution in [3.63, 3.8) is 0 Å². The zero-order valence-electron chi connectivity index (χ0n) is 8.82. The van der Waals surface area contributed by atoms with E-state index in [2.05, 4.69) is 33.9 Å². The normalized spacial score (nSPS) is 10.3. The van der Waals surface area contributed by atoms with Crippen molar-refractivity contribution in [2.75, 3.05) is 0 Å². The van der Waals surface area contributed by atoms with Crippen molar-refractivity contribution in [3.8, 4) is 0 Å². The van der Waals surface area contributed by atoms with Crippen LogP contribution in [0, 0.1) is 5.92 Å². The Kier molecular flexibility index (Phi) is 5.79. The van der Waals surface area contributed by atoms with Gasteiger partial charge in [-0.3, -0.25) is 0 Å². The zero-order chi connectivity index (χ0) is 9.56. The molecule has 0 saturated carbocycles. The molecule has 0 amide bonds. The van der Waals surface area contributed by atoms with Gasteiger partial charge in [0.25, 0.3) is 0 Å². The Morgan fingerprint density at radius 1 is 1.08 bits per heavy atom. The Labute approximate surface area is 77.4 Å². The fourth-order valence-electron chi connectivity index (χ4n) is 1.54. The van der Waals surface area contributed by atoms with Crippen LogP contribution in [0.1, 0.15) is 46.5 Å². The minimum Gasteiger partial charge on any atom is -0.0958 e. The second kappa shape index (κ2) is 6.05. The first kappa shape index (κ1) is 11.5. The molecule has 0 unspecified atom stereocenters. The summed E-state index contributed by atoms with van der Waals surface area (Å²) in [4.78, 5) is 0. The van der Waals surface area contributed by atoms with Crippen LogP contribution in [0.3, 0.4) is 0 Å². The van der Waals surface area contributed by atoms with Crippen LogP contribution in [-0.4, -0.2) is 0 Å². The van der Waals surface area contributed by atoms with Crippen LogP contribution in [0.25, 0.3) is 0 Å². The van der Waals surface area contributed by atoms with Crippen molar-refractivity contribution in [2.24, 2.45) is 5.92 Å². The summed E-state index contributed by atoms with van der Waals surface area (Å²) in [6.45, 7) is 14.6. The smallest absolute Gasteiger partial charge is 0.0166 e. The van der Waals surface area contributed by atoms with E-state index in [1.165, 1.54) is 31.3 Å². The van der Waals surface area contributed by atoms with E-state index in [0.29, 0.717) is 5.92 Å². The second-order valence-electron chi connectivity index (χ2n) is 3.58.